The lowest BCUT2D eigenvalue weighted by Crippen LogP contribution is -2.65. The third kappa shape index (κ3) is 2.92. The maximum absolute atomic E-state index is 12.6. The molecule has 2 aliphatic heterocycles. The van der Waals surface area contributed by atoms with E-state index < -0.39 is 12.2 Å². The Labute approximate surface area is 146 Å². The minimum absolute atomic E-state index is 0.00814. The molecule has 0 aromatic carbocycles. The van der Waals surface area contributed by atoms with Crippen molar-refractivity contribution in [3.8, 4) is 0 Å². The summed E-state index contributed by atoms with van der Waals surface area (Å²) in [5.74, 6) is 0.201. The van der Waals surface area contributed by atoms with E-state index in [1.807, 2.05) is 30.9 Å². The van der Waals surface area contributed by atoms with Crippen LogP contribution < -0.4 is 5.43 Å². The Hall–Kier alpha value is -2.97. The van der Waals surface area contributed by atoms with Crippen molar-refractivity contribution < 1.29 is 9.59 Å². The van der Waals surface area contributed by atoms with Gasteiger partial charge < -0.3 is 9.80 Å². The lowest BCUT2D eigenvalue weighted by molar-refractivity contribution is -0.136. The third-order valence-corrected chi connectivity index (χ3v) is 4.27. The number of likely N-dealkylation sites (N-methyl/N-ethyl adjacent to an activating group) is 2. The number of urea groups is 1. The van der Waals surface area contributed by atoms with Gasteiger partial charge in [0.05, 0.1) is 6.21 Å². The van der Waals surface area contributed by atoms with Crippen LogP contribution in [0.5, 0.6) is 0 Å². The number of aliphatic imine (C=N–C) groups is 1. The number of hydrazone groups is 1. The molecule has 3 heterocycles. The molecule has 0 bridgehead atoms. The molecule has 2 aliphatic rings. The van der Waals surface area contributed by atoms with E-state index in [9.17, 15) is 9.59 Å². The fraction of sp³-hybridized carbons (Fsp3) is 0.438. The van der Waals surface area contributed by atoms with Gasteiger partial charge in [-0.3, -0.25) is 14.7 Å². The molecule has 3 rings (SSSR count). The van der Waals surface area contributed by atoms with Gasteiger partial charge in [-0.25, -0.2) is 15.2 Å². The van der Waals surface area contributed by atoms with Crippen molar-refractivity contribution in [3.05, 3.63) is 30.1 Å². The average Bonchev–Trinajstić information content (AvgIpc) is 2.99. The largest absolute Gasteiger partial charge is 0.328 e. The van der Waals surface area contributed by atoms with Crippen molar-refractivity contribution in [2.75, 3.05) is 14.1 Å². The van der Waals surface area contributed by atoms with Gasteiger partial charge in [0, 0.05) is 38.1 Å². The lowest BCUT2D eigenvalue weighted by Gasteiger charge is -2.41. The molecule has 132 valence electrons. The van der Waals surface area contributed by atoms with Crippen LogP contribution in [0.3, 0.4) is 0 Å². The molecule has 0 saturated carbocycles. The van der Waals surface area contributed by atoms with E-state index >= 15 is 0 Å². The van der Waals surface area contributed by atoms with E-state index in [2.05, 4.69) is 20.5 Å². The molecule has 1 saturated heterocycles. The molecule has 2 unspecified atom stereocenters. The summed E-state index contributed by atoms with van der Waals surface area (Å²) >= 11 is 0. The first-order valence-electron chi connectivity index (χ1n) is 8.01. The van der Waals surface area contributed by atoms with E-state index in [1.54, 1.807) is 25.7 Å². The number of nitrogens with one attached hydrogen (secondary N) is 1. The molecule has 9 heteroatoms. The number of pyridine rings is 1. The van der Waals surface area contributed by atoms with Crippen LogP contribution in [-0.2, 0) is 4.79 Å². The summed E-state index contributed by atoms with van der Waals surface area (Å²) in [4.78, 5) is 37.8. The molecule has 25 heavy (non-hydrogen) atoms. The van der Waals surface area contributed by atoms with Gasteiger partial charge in [-0.15, -0.1) is 0 Å². The van der Waals surface area contributed by atoms with E-state index in [-0.39, 0.29) is 18.0 Å². The van der Waals surface area contributed by atoms with Crippen molar-refractivity contribution in [2.45, 2.75) is 32.1 Å². The van der Waals surface area contributed by atoms with Gasteiger partial charge in [0.2, 0.25) is 5.96 Å². The summed E-state index contributed by atoms with van der Waals surface area (Å²) in [7, 11) is 3.13. The minimum atomic E-state index is -0.560. The number of amides is 3. The normalized spacial score (nSPS) is 23.6. The first-order valence-corrected chi connectivity index (χ1v) is 8.01. The van der Waals surface area contributed by atoms with Crippen LogP contribution in [-0.4, -0.2) is 76.1 Å². The average molecular weight is 343 g/mol. The van der Waals surface area contributed by atoms with Crippen LogP contribution in [0.2, 0.25) is 0 Å². The van der Waals surface area contributed by atoms with Crippen LogP contribution >= 0.6 is 0 Å². The van der Waals surface area contributed by atoms with E-state index in [0.29, 0.717) is 5.96 Å². The summed E-state index contributed by atoms with van der Waals surface area (Å²) in [6, 6.07) is 2.79. The Morgan fingerprint density at radius 3 is 2.72 bits per heavy atom. The van der Waals surface area contributed by atoms with Crippen molar-refractivity contribution in [3.63, 3.8) is 0 Å². The van der Waals surface area contributed by atoms with E-state index in [0.717, 1.165) is 10.5 Å². The summed E-state index contributed by atoms with van der Waals surface area (Å²) in [5.41, 5.74) is 3.74. The molecule has 0 radical (unpaired) electrons. The maximum atomic E-state index is 12.6. The van der Waals surface area contributed by atoms with Gasteiger partial charge in [-0.2, -0.15) is 5.10 Å². The molecule has 0 spiro atoms. The number of rotatable bonds is 3. The minimum Gasteiger partial charge on any atom is -0.323 e. The fourth-order valence-electron chi connectivity index (χ4n) is 2.99. The number of aromatic nitrogens is 1. The second-order valence-electron chi connectivity index (χ2n) is 6.26. The van der Waals surface area contributed by atoms with E-state index in [4.69, 9.17) is 0 Å². The molecule has 1 aromatic heterocycles. The molecule has 3 amide bonds. The van der Waals surface area contributed by atoms with Crippen LogP contribution in [0.25, 0.3) is 0 Å². The number of carbonyl (C=O) groups is 2. The zero-order chi connectivity index (χ0) is 18.1. The Balaban J connectivity index is 1.84. The van der Waals surface area contributed by atoms with Crippen LogP contribution in [0.15, 0.2) is 34.6 Å². The molecule has 1 aromatic rings. The van der Waals surface area contributed by atoms with Gasteiger partial charge in [-0.05, 0) is 19.9 Å². The van der Waals surface area contributed by atoms with Gasteiger partial charge in [0.15, 0.2) is 12.2 Å². The molecule has 2 atom stereocenters. The van der Waals surface area contributed by atoms with Crippen molar-refractivity contribution in [2.24, 2.45) is 10.1 Å². The predicted molar refractivity (Wildman–Crippen MR) is 92.9 cm³/mol. The highest BCUT2D eigenvalue weighted by Gasteiger charge is 2.51. The van der Waals surface area contributed by atoms with Gasteiger partial charge in [0.25, 0.3) is 5.91 Å². The van der Waals surface area contributed by atoms with Gasteiger partial charge >= 0.3 is 6.03 Å². The zero-order valence-corrected chi connectivity index (χ0v) is 14.6. The zero-order valence-electron chi connectivity index (χ0n) is 14.6. The number of carbonyl (C=O) groups excluding carboxylic acids is 2. The van der Waals surface area contributed by atoms with Crippen LogP contribution in [0.1, 0.15) is 19.4 Å². The van der Waals surface area contributed by atoms with Crippen molar-refractivity contribution in [1.82, 2.24) is 25.1 Å². The second kappa shape index (κ2) is 6.50. The topological polar surface area (TPSA) is 93.5 Å². The number of guanidine groups is 1. The first kappa shape index (κ1) is 16.9. The number of fused-ring (bicyclic) bond motifs is 1. The monoisotopic (exact) mass is 343 g/mol. The first-order chi connectivity index (χ1) is 11.9. The number of nitrogens with zero attached hydrogens (tertiary/aromatic N) is 6. The Morgan fingerprint density at radius 2 is 2.08 bits per heavy atom. The highest BCUT2D eigenvalue weighted by Crippen LogP contribution is 2.27. The SMILES string of the molecule is CC(C)N1C(N/N=C/c2cccnc2)=NC2C1C(=O)N(C)C(=O)N2C. The van der Waals surface area contributed by atoms with Crippen molar-refractivity contribution >= 4 is 24.1 Å². The summed E-state index contributed by atoms with van der Waals surface area (Å²) in [6.07, 6.45) is 4.44. The highest BCUT2D eigenvalue weighted by molar-refractivity contribution is 6.03. The fourth-order valence-corrected chi connectivity index (χ4v) is 2.99. The molecular formula is C16H21N7O2. The Kier molecular flexibility index (Phi) is 4.39. The standard InChI is InChI=1S/C16H21N7O2/c1-10(2)23-12-13(21(3)16(25)22(4)14(12)24)19-15(23)20-18-9-11-6-5-7-17-8-11/h5-10,12-13H,1-4H3,(H,19,20)/b18-9+. The van der Waals surface area contributed by atoms with E-state index in [1.165, 1.54) is 11.9 Å². The predicted octanol–water partition coefficient (Wildman–Crippen LogP) is 0.304. The van der Waals surface area contributed by atoms with Crippen LogP contribution in [0, 0.1) is 0 Å². The highest BCUT2D eigenvalue weighted by atomic mass is 16.2. The maximum Gasteiger partial charge on any atom is 0.328 e. The van der Waals surface area contributed by atoms with Crippen LogP contribution in [0.4, 0.5) is 4.79 Å². The number of hydrogen-bond donors (Lipinski definition) is 1. The van der Waals surface area contributed by atoms with Gasteiger partial charge in [-0.1, -0.05) is 6.07 Å². The Bertz CT molecular complexity index is 731. The third-order valence-electron chi connectivity index (χ3n) is 4.27. The molecule has 0 aliphatic carbocycles. The molecule has 1 N–H and O–H groups in total. The summed E-state index contributed by atoms with van der Waals surface area (Å²) in [5, 5.41) is 4.19. The second-order valence-corrected chi connectivity index (χ2v) is 6.26. The van der Waals surface area contributed by atoms with Gasteiger partial charge in [0.1, 0.15) is 0 Å². The number of hydrogen-bond acceptors (Lipinski definition) is 7. The molecular weight excluding hydrogens is 322 g/mol. The summed E-state index contributed by atoms with van der Waals surface area (Å²) < 4.78 is 0. The smallest absolute Gasteiger partial charge is 0.323 e. The Morgan fingerprint density at radius 1 is 1.32 bits per heavy atom. The number of imide groups is 1. The lowest BCUT2D eigenvalue weighted by atomic mass is 10.1. The molecule has 9 nitrogen and oxygen atoms in total. The quantitative estimate of drug-likeness (QED) is 0.629. The molecule has 1 fully saturated rings. The summed E-state index contributed by atoms with van der Waals surface area (Å²) in [6.45, 7) is 3.93. The van der Waals surface area contributed by atoms with Crippen molar-refractivity contribution in [1.29, 1.82) is 0 Å².